The molecule has 3 amide bonds. The first kappa shape index (κ1) is 20.0. The molecule has 0 unspecified atom stereocenters. The van der Waals surface area contributed by atoms with Crippen molar-refractivity contribution in [1.82, 2.24) is 5.43 Å². The van der Waals surface area contributed by atoms with Gasteiger partial charge < -0.3 is 4.74 Å². The summed E-state index contributed by atoms with van der Waals surface area (Å²) in [4.78, 5) is 38.5. The molecule has 1 N–H and O–H groups in total. The van der Waals surface area contributed by atoms with Crippen molar-refractivity contribution < 1.29 is 19.1 Å². The highest BCUT2D eigenvalue weighted by Gasteiger charge is 2.36. The molecule has 0 aromatic heterocycles. The van der Waals surface area contributed by atoms with Crippen LogP contribution >= 0.6 is 0 Å². The zero-order chi connectivity index (χ0) is 21.8. The molecule has 7 heteroatoms. The Labute approximate surface area is 179 Å². The first-order chi connectivity index (χ1) is 15.1. The Hall–Kier alpha value is -4.26. The number of ether oxygens (including phenoxy) is 1. The van der Waals surface area contributed by atoms with Crippen LogP contribution in [-0.2, 0) is 0 Å². The van der Waals surface area contributed by atoms with E-state index in [4.69, 9.17) is 4.74 Å². The van der Waals surface area contributed by atoms with Crippen molar-refractivity contribution in [2.45, 2.75) is 6.92 Å². The Balaban J connectivity index is 1.41. The number of carbonyl (C=O) groups is 3. The summed E-state index contributed by atoms with van der Waals surface area (Å²) in [5.74, 6) is -0.395. The van der Waals surface area contributed by atoms with Gasteiger partial charge >= 0.3 is 0 Å². The summed E-state index contributed by atoms with van der Waals surface area (Å²) in [7, 11) is 0. The Bertz CT molecular complexity index is 1130. The summed E-state index contributed by atoms with van der Waals surface area (Å²) in [6, 6.07) is 20.2. The summed E-state index contributed by atoms with van der Waals surface area (Å²) < 4.78 is 5.38. The summed E-state index contributed by atoms with van der Waals surface area (Å²) in [6.45, 7) is 2.51. The molecular formula is C24H19N3O4. The Kier molecular flexibility index (Phi) is 5.57. The second kappa shape index (κ2) is 8.62. The smallest absolute Gasteiger partial charge is 0.271 e. The number of hydrogen-bond donors (Lipinski definition) is 1. The fourth-order valence-corrected chi connectivity index (χ4v) is 3.23. The molecule has 0 saturated carbocycles. The fraction of sp³-hybridized carbons (Fsp3) is 0.0833. The van der Waals surface area contributed by atoms with Crippen LogP contribution in [0.3, 0.4) is 0 Å². The zero-order valence-electron chi connectivity index (χ0n) is 16.7. The molecule has 0 bridgehead atoms. The van der Waals surface area contributed by atoms with E-state index in [1.807, 2.05) is 31.2 Å². The summed E-state index contributed by atoms with van der Waals surface area (Å²) in [5, 5.41) is 3.96. The van der Waals surface area contributed by atoms with Gasteiger partial charge in [-0.15, -0.1) is 0 Å². The van der Waals surface area contributed by atoms with Gasteiger partial charge in [0, 0.05) is 5.56 Å². The van der Waals surface area contributed by atoms with Crippen molar-refractivity contribution in [3.8, 4) is 5.75 Å². The molecule has 0 radical (unpaired) electrons. The van der Waals surface area contributed by atoms with Crippen LogP contribution in [0.4, 0.5) is 5.69 Å². The van der Waals surface area contributed by atoms with Gasteiger partial charge in [0.15, 0.2) is 0 Å². The fourth-order valence-electron chi connectivity index (χ4n) is 3.23. The Morgan fingerprint density at radius 2 is 1.55 bits per heavy atom. The van der Waals surface area contributed by atoms with Crippen molar-refractivity contribution >= 4 is 29.6 Å². The molecule has 31 heavy (non-hydrogen) atoms. The molecule has 3 aromatic carbocycles. The quantitative estimate of drug-likeness (QED) is 0.380. The summed E-state index contributed by atoms with van der Waals surface area (Å²) in [5.41, 5.74) is 4.77. The van der Waals surface area contributed by atoms with Crippen LogP contribution in [0.1, 0.15) is 43.6 Å². The number of imide groups is 1. The molecule has 7 nitrogen and oxygen atoms in total. The molecular weight excluding hydrogens is 394 g/mol. The van der Waals surface area contributed by atoms with E-state index in [0.717, 1.165) is 16.2 Å². The molecule has 4 rings (SSSR count). The van der Waals surface area contributed by atoms with Crippen LogP contribution in [0.2, 0.25) is 0 Å². The van der Waals surface area contributed by atoms with Gasteiger partial charge in [-0.2, -0.15) is 5.10 Å². The molecule has 1 aliphatic heterocycles. The Morgan fingerprint density at radius 3 is 2.13 bits per heavy atom. The van der Waals surface area contributed by atoms with Crippen LogP contribution in [0.15, 0.2) is 77.9 Å². The van der Waals surface area contributed by atoms with Gasteiger partial charge in [0.25, 0.3) is 17.7 Å². The average molecular weight is 413 g/mol. The van der Waals surface area contributed by atoms with E-state index in [2.05, 4.69) is 10.5 Å². The van der Waals surface area contributed by atoms with Crippen LogP contribution in [0, 0.1) is 0 Å². The van der Waals surface area contributed by atoms with Gasteiger partial charge in [0.1, 0.15) is 5.75 Å². The van der Waals surface area contributed by atoms with Gasteiger partial charge in [0.2, 0.25) is 0 Å². The number of rotatable bonds is 6. The highest BCUT2D eigenvalue weighted by atomic mass is 16.5. The third-order valence-electron chi connectivity index (χ3n) is 4.75. The monoisotopic (exact) mass is 413 g/mol. The second-order valence-electron chi connectivity index (χ2n) is 6.74. The third kappa shape index (κ3) is 4.06. The predicted molar refractivity (Wildman–Crippen MR) is 117 cm³/mol. The van der Waals surface area contributed by atoms with Crippen LogP contribution in [0.25, 0.3) is 0 Å². The van der Waals surface area contributed by atoms with Crippen LogP contribution in [-0.4, -0.2) is 30.5 Å². The van der Waals surface area contributed by atoms with Crippen molar-refractivity contribution in [3.05, 3.63) is 95.1 Å². The van der Waals surface area contributed by atoms with Gasteiger partial charge in [-0.1, -0.05) is 12.1 Å². The first-order valence-corrected chi connectivity index (χ1v) is 9.72. The number of nitrogens with zero attached hydrogens (tertiary/aromatic N) is 2. The number of hydrazone groups is 1. The molecule has 1 heterocycles. The molecule has 0 spiro atoms. The number of hydrogen-bond acceptors (Lipinski definition) is 5. The first-order valence-electron chi connectivity index (χ1n) is 9.72. The van der Waals surface area contributed by atoms with Crippen LogP contribution < -0.4 is 15.1 Å². The van der Waals surface area contributed by atoms with E-state index in [-0.39, 0.29) is 11.8 Å². The lowest BCUT2D eigenvalue weighted by Crippen LogP contribution is -2.29. The summed E-state index contributed by atoms with van der Waals surface area (Å²) in [6.07, 6.45) is 1.53. The number of anilines is 1. The van der Waals surface area contributed by atoms with E-state index in [1.54, 1.807) is 48.5 Å². The minimum Gasteiger partial charge on any atom is -0.494 e. The largest absolute Gasteiger partial charge is 0.494 e. The lowest BCUT2D eigenvalue weighted by Gasteiger charge is -2.14. The van der Waals surface area contributed by atoms with Crippen molar-refractivity contribution in [2.24, 2.45) is 5.10 Å². The molecule has 154 valence electrons. The van der Waals surface area contributed by atoms with Gasteiger partial charge in [-0.3, -0.25) is 14.4 Å². The second-order valence-corrected chi connectivity index (χ2v) is 6.74. The Morgan fingerprint density at radius 1 is 0.935 bits per heavy atom. The SMILES string of the molecule is CCOc1ccc(/C=N/NC(=O)c2ccc(N3C(=O)c4ccccc4C3=O)cc2)cc1. The number of carbonyl (C=O) groups excluding carboxylic acids is 3. The molecule has 1 aliphatic rings. The van der Waals surface area contributed by atoms with Crippen molar-refractivity contribution in [2.75, 3.05) is 11.5 Å². The minimum atomic E-state index is -0.406. The molecule has 0 fully saturated rings. The molecule has 3 aromatic rings. The van der Waals surface area contributed by atoms with Gasteiger partial charge in [-0.25, -0.2) is 10.3 Å². The van der Waals surface area contributed by atoms with E-state index in [1.165, 1.54) is 6.21 Å². The average Bonchev–Trinajstić information content (AvgIpc) is 3.05. The lowest BCUT2D eigenvalue weighted by atomic mass is 10.1. The molecule has 0 saturated heterocycles. The maximum absolute atomic E-state index is 12.6. The predicted octanol–water partition coefficient (Wildman–Crippen LogP) is 3.65. The van der Waals surface area contributed by atoms with E-state index >= 15 is 0 Å². The normalized spacial score (nSPS) is 12.9. The van der Waals surface area contributed by atoms with Gasteiger partial charge in [-0.05, 0) is 73.2 Å². The third-order valence-corrected chi connectivity index (χ3v) is 4.75. The van der Waals surface area contributed by atoms with E-state index in [0.29, 0.717) is 29.0 Å². The molecule has 0 atom stereocenters. The highest BCUT2D eigenvalue weighted by Crippen LogP contribution is 2.28. The topological polar surface area (TPSA) is 88.1 Å². The standard InChI is InChI=1S/C24H19N3O4/c1-2-31-19-13-7-16(8-14-19)15-25-26-22(28)17-9-11-18(12-10-17)27-23(29)20-5-3-4-6-21(20)24(27)30/h3-15H,2H2,1H3,(H,26,28)/b25-15+. The number of amides is 3. The summed E-state index contributed by atoms with van der Waals surface area (Å²) >= 11 is 0. The lowest BCUT2D eigenvalue weighted by molar-refractivity contribution is 0.0923. The number of fused-ring (bicyclic) bond motifs is 1. The number of nitrogens with one attached hydrogen (secondary N) is 1. The van der Waals surface area contributed by atoms with Gasteiger partial charge in [0.05, 0.1) is 29.6 Å². The highest BCUT2D eigenvalue weighted by molar-refractivity contribution is 6.34. The maximum atomic E-state index is 12.6. The van der Waals surface area contributed by atoms with E-state index in [9.17, 15) is 14.4 Å². The van der Waals surface area contributed by atoms with Crippen molar-refractivity contribution in [1.29, 1.82) is 0 Å². The zero-order valence-corrected chi connectivity index (χ0v) is 16.7. The van der Waals surface area contributed by atoms with Crippen LogP contribution in [0.5, 0.6) is 5.75 Å². The van der Waals surface area contributed by atoms with Crippen molar-refractivity contribution in [3.63, 3.8) is 0 Å². The maximum Gasteiger partial charge on any atom is 0.271 e. The minimum absolute atomic E-state index is 0.351. The van der Waals surface area contributed by atoms with E-state index < -0.39 is 5.91 Å². The number of benzene rings is 3. The molecule has 0 aliphatic carbocycles.